The zero-order chi connectivity index (χ0) is 22.1. The Hall–Kier alpha value is -3.49. The van der Waals surface area contributed by atoms with Crippen LogP contribution in [0.1, 0.15) is 11.3 Å². The van der Waals surface area contributed by atoms with Crippen molar-refractivity contribution < 1.29 is 4.39 Å². The first-order chi connectivity index (χ1) is 15.6. The molecule has 1 aliphatic heterocycles. The molecule has 4 heterocycles. The third-order valence-corrected chi connectivity index (χ3v) is 5.46. The summed E-state index contributed by atoms with van der Waals surface area (Å²) in [6.07, 6.45) is 5.59. The summed E-state index contributed by atoms with van der Waals surface area (Å²) in [5.74, 6) is -0.368. The van der Waals surface area contributed by atoms with E-state index in [4.69, 9.17) is 16.6 Å². The average Bonchev–Trinajstić information content (AvgIpc) is 3.48. The second-order valence-electron chi connectivity index (χ2n) is 7.36. The number of pyridine rings is 2. The number of fused-ring (bicyclic) bond motifs is 1. The van der Waals surface area contributed by atoms with E-state index in [-0.39, 0.29) is 5.82 Å². The fourth-order valence-electron chi connectivity index (χ4n) is 3.61. The van der Waals surface area contributed by atoms with Gasteiger partial charge >= 0.3 is 0 Å². The molecular formula is C23H19ClFN7. The third kappa shape index (κ3) is 3.90. The van der Waals surface area contributed by atoms with Gasteiger partial charge in [0.05, 0.1) is 41.7 Å². The molecule has 0 spiro atoms. The van der Waals surface area contributed by atoms with Crippen LogP contribution >= 0.6 is 11.6 Å². The van der Waals surface area contributed by atoms with Gasteiger partial charge in [0.1, 0.15) is 11.5 Å². The van der Waals surface area contributed by atoms with Crippen molar-refractivity contribution in [1.29, 1.82) is 0 Å². The topological polar surface area (TPSA) is 80.9 Å². The van der Waals surface area contributed by atoms with Crippen molar-refractivity contribution in [3.63, 3.8) is 0 Å². The second-order valence-corrected chi connectivity index (χ2v) is 7.80. The lowest BCUT2D eigenvalue weighted by Crippen LogP contribution is -2.15. The zero-order valence-electron chi connectivity index (χ0n) is 17.3. The number of aromatic nitrogens is 5. The molecule has 4 aromatic rings. The van der Waals surface area contributed by atoms with Gasteiger partial charge in [-0.2, -0.15) is 0 Å². The van der Waals surface area contributed by atoms with Crippen LogP contribution in [0.3, 0.4) is 0 Å². The minimum atomic E-state index is -0.368. The van der Waals surface area contributed by atoms with Gasteiger partial charge in [0.2, 0.25) is 0 Å². The second kappa shape index (κ2) is 8.57. The van der Waals surface area contributed by atoms with Crippen molar-refractivity contribution in [3.05, 3.63) is 77.0 Å². The third-order valence-electron chi connectivity index (χ3n) is 5.22. The van der Waals surface area contributed by atoms with E-state index in [0.717, 1.165) is 35.4 Å². The van der Waals surface area contributed by atoms with E-state index in [1.54, 1.807) is 16.9 Å². The number of hydrogen-bond donors (Lipinski definition) is 1. The van der Waals surface area contributed by atoms with Gasteiger partial charge in [0.25, 0.3) is 0 Å². The Bertz CT molecular complexity index is 1380. The minimum absolute atomic E-state index is 0.368. The molecule has 0 radical (unpaired) electrons. The molecule has 0 aliphatic carbocycles. The maximum atomic E-state index is 14.5. The molecule has 3 aromatic heterocycles. The Morgan fingerprint density at radius 2 is 2.03 bits per heavy atom. The largest absolute Gasteiger partial charge is 0.318 e. The lowest BCUT2D eigenvalue weighted by Gasteiger charge is -2.10. The van der Waals surface area contributed by atoms with Crippen LogP contribution in [0, 0.1) is 5.82 Å². The van der Waals surface area contributed by atoms with Crippen LogP contribution in [0.5, 0.6) is 0 Å². The number of benzene rings is 1. The van der Waals surface area contributed by atoms with Crippen molar-refractivity contribution in [2.45, 2.75) is 6.54 Å². The molecule has 7 nitrogen and oxygen atoms in total. The Morgan fingerprint density at radius 3 is 2.91 bits per heavy atom. The van der Waals surface area contributed by atoms with E-state index in [2.05, 4.69) is 25.6 Å². The molecule has 0 unspecified atom stereocenters. The predicted octanol–water partition coefficient (Wildman–Crippen LogP) is 3.79. The van der Waals surface area contributed by atoms with Crippen LogP contribution in [0.25, 0.3) is 27.9 Å². The van der Waals surface area contributed by atoms with Crippen molar-refractivity contribution in [2.24, 2.45) is 4.99 Å². The van der Waals surface area contributed by atoms with Crippen LogP contribution in [-0.2, 0) is 6.54 Å². The summed E-state index contributed by atoms with van der Waals surface area (Å²) >= 11 is 6.09. The number of nitrogens with zero attached hydrogens (tertiary/aromatic N) is 6. The summed E-state index contributed by atoms with van der Waals surface area (Å²) in [4.78, 5) is 13.8. The maximum absolute atomic E-state index is 14.5. The number of aliphatic imine (C=N–C) groups is 1. The molecule has 0 saturated carbocycles. The predicted molar refractivity (Wildman–Crippen MR) is 123 cm³/mol. The first-order valence-electron chi connectivity index (χ1n) is 10.1. The number of hydrogen-bond acceptors (Lipinski definition) is 6. The first kappa shape index (κ1) is 20.4. The van der Waals surface area contributed by atoms with Crippen LogP contribution in [0.2, 0.25) is 5.02 Å². The highest BCUT2D eigenvalue weighted by molar-refractivity contribution is 6.35. The summed E-state index contributed by atoms with van der Waals surface area (Å²) in [5.41, 5.74) is 5.41. The fraction of sp³-hybridized carbons (Fsp3) is 0.174. The normalized spacial score (nSPS) is 13.5. The molecule has 0 atom stereocenters. The van der Waals surface area contributed by atoms with E-state index < -0.39 is 0 Å². The molecule has 5 rings (SSSR count). The SMILES string of the molecule is CNCCn1cc(-c2cnc3ccc(C4=CCN=C4c4cc(Cl)ccc4F)nc3c2)nn1. The summed E-state index contributed by atoms with van der Waals surface area (Å²) < 4.78 is 16.3. The Balaban J connectivity index is 1.50. The molecule has 0 amide bonds. The van der Waals surface area contributed by atoms with Crippen LogP contribution in [0.4, 0.5) is 4.39 Å². The number of nitrogens with one attached hydrogen (secondary N) is 1. The summed E-state index contributed by atoms with van der Waals surface area (Å²) in [7, 11) is 1.89. The maximum Gasteiger partial charge on any atom is 0.132 e. The van der Waals surface area contributed by atoms with Gasteiger partial charge in [0.15, 0.2) is 0 Å². The van der Waals surface area contributed by atoms with Crippen molar-refractivity contribution in [2.75, 3.05) is 20.1 Å². The number of allylic oxidation sites excluding steroid dienone is 1. The highest BCUT2D eigenvalue weighted by atomic mass is 35.5. The van der Waals surface area contributed by atoms with Gasteiger partial charge in [0, 0.05) is 34.5 Å². The lowest BCUT2D eigenvalue weighted by atomic mass is 9.99. The minimum Gasteiger partial charge on any atom is -0.318 e. The van der Waals surface area contributed by atoms with Gasteiger partial charge < -0.3 is 5.32 Å². The standard InChI is InChI=1S/C23H19ClFN7/c1-26-8-9-32-13-22(30-31-32)14-10-21-20(28-12-14)5-4-19(29-21)16-6-7-27-23(16)17-11-15(24)2-3-18(17)25/h2-6,10-13,26H,7-9H2,1H3. The van der Waals surface area contributed by atoms with E-state index in [1.165, 1.54) is 12.1 Å². The van der Waals surface area contributed by atoms with Crippen LogP contribution in [-0.4, -0.2) is 50.8 Å². The number of rotatable bonds is 6. The summed E-state index contributed by atoms with van der Waals surface area (Å²) in [6.45, 7) is 1.99. The highest BCUT2D eigenvalue weighted by Crippen LogP contribution is 2.28. The van der Waals surface area contributed by atoms with Gasteiger partial charge in [-0.25, -0.2) is 9.37 Å². The van der Waals surface area contributed by atoms with Crippen molar-refractivity contribution >= 4 is 33.9 Å². The Labute approximate surface area is 188 Å². The van der Waals surface area contributed by atoms with Gasteiger partial charge in [-0.3, -0.25) is 14.7 Å². The van der Waals surface area contributed by atoms with Crippen LogP contribution < -0.4 is 5.32 Å². The molecule has 1 aromatic carbocycles. The molecule has 32 heavy (non-hydrogen) atoms. The zero-order valence-corrected chi connectivity index (χ0v) is 18.0. The average molecular weight is 448 g/mol. The monoisotopic (exact) mass is 447 g/mol. The van der Waals surface area contributed by atoms with Crippen molar-refractivity contribution in [3.8, 4) is 11.3 Å². The molecular weight excluding hydrogens is 429 g/mol. The van der Waals surface area contributed by atoms with E-state index in [9.17, 15) is 4.39 Å². The summed E-state index contributed by atoms with van der Waals surface area (Å²) in [5, 5.41) is 11.9. The molecule has 9 heteroatoms. The van der Waals surface area contributed by atoms with E-state index in [1.807, 2.05) is 37.5 Å². The van der Waals surface area contributed by atoms with Crippen LogP contribution in [0.15, 0.2) is 59.9 Å². The Morgan fingerprint density at radius 1 is 1.12 bits per heavy atom. The summed E-state index contributed by atoms with van der Waals surface area (Å²) in [6, 6.07) is 10.2. The molecule has 0 fully saturated rings. The van der Waals surface area contributed by atoms with Gasteiger partial charge in [-0.15, -0.1) is 5.10 Å². The van der Waals surface area contributed by atoms with Gasteiger partial charge in [-0.1, -0.05) is 22.9 Å². The number of likely N-dealkylation sites (N-methyl/N-ethyl adjacent to an activating group) is 1. The Kier molecular flexibility index (Phi) is 5.46. The van der Waals surface area contributed by atoms with Crippen molar-refractivity contribution in [1.82, 2.24) is 30.3 Å². The van der Waals surface area contributed by atoms with E-state index >= 15 is 0 Å². The quantitative estimate of drug-likeness (QED) is 0.486. The fourth-order valence-corrected chi connectivity index (χ4v) is 3.78. The molecule has 0 bridgehead atoms. The molecule has 0 saturated heterocycles. The smallest absolute Gasteiger partial charge is 0.132 e. The first-order valence-corrected chi connectivity index (χ1v) is 10.5. The lowest BCUT2D eigenvalue weighted by molar-refractivity contribution is 0.565. The van der Waals surface area contributed by atoms with E-state index in [0.29, 0.717) is 34.1 Å². The van der Waals surface area contributed by atoms with Gasteiger partial charge in [-0.05, 0) is 43.4 Å². The highest BCUT2D eigenvalue weighted by Gasteiger charge is 2.21. The molecule has 1 aliphatic rings. The molecule has 1 N–H and O–H groups in total. The molecule has 160 valence electrons. The number of halogens is 2.